The van der Waals surface area contributed by atoms with Crippen molar-refractivity contribution in [1.82, 2.24) is 5.32 Å². The van der Waals surface area contributed by atoms with E-state index in [9.17, 15) is 14.5 Å². The number of nitro groups is 1. The number of nitrogens with one attached hydrogen (secondary N) is 1. The molecule has 112 valence electrons. The molecule has 0 fully saturated rings. The molecule has 0 heterocycles. The first-order valence-electron chi connectivity index (χ1n) is 6.72. The van der Waals surface area contributed by atoms with Gasteiger partial charge in [-0.1, -0.05) is 13.8 Å². The van der Waals surface area contributed by atoms with Gasteiger partial charge in [-0.25, -0.2) is 4.39 Å². The Bertz CT molecular complexity index is 438. The molecule has 1 rings (SSSR count). The Balaban J connectivity index is 2.31. The SMILES string of the molecule is CC(C)CCOCCNCc1cc(F)ccc1[N+](=O)[O-]. The van der Waals surface area contributed by atoms with Crippen LogP contribution in [0.25, 0.3) is 0 Å². The van der Waals surface area contributed by atoms with E-state index < -0.39 is 10.7 Å². The lowest BCUT2D eigenvalue weighted by Crippen LogP contribution is -2.20. The Morgan fingerprint density at radius 2 is 2.15 bits per heavy atom. The Labute approximate surface area is 118 Å². The molecule has 0 aromatic heterocycles. The minimum atomic E-state index is -0.504. The molecule has 0 bridgehead atoms. The van der Waals surface area contributed by atoms with Gasteiger partial charge in [0.25, 0.3) is 5.69 Å². The Kier molecular flexibility index (Phi) is 7.11. The molecule has 0 aliphatic carbocycles. The van der Waals surface area contributed by atoms with Crippen molar-refractivity contribution in [2.75, 3.05) is 19.8 Å². The van der Waals surface area contributed by atoms with Gasteiger partial charge in [0.05, 0.1) is 11.5 Å². The van der Waals surface area contributed by atoms with Crippen LogP contribution in [0.2, 0.25) is 0 Å². The number of benzene rings is 1. The summed E-state index contributed by atoms with van der Waals surface area (Å²) in [5.41, 5.74) is 0.275. The topological polar surface area (TPSA) is 64.4 Å². The van der Waals surface area contributed by atoms with Crippen LogP contribution in [0.15, 0.2) is 18.2 Å². The predicted molar refractivity (Wildman–Crippen MR) is 75.0 cm³/mol. The van der Waals surface area contributed by atoms with Crippen molar-refractivity contribution in [3.8, 4) is 0 Å². The average molecular weight is 284 g/mol. The fourth-order valence-electron chi connectivity index (χ4n) is 1.66. The average Bonchev–Trinajstić information content (AvgIpc) is 2.37. The summed E-state index contributed by atoms with van der Waals surface area (Å²) in [7, 11) is 0. The highest BCUT2D eigenvalue weighted by atomic mass is 19.1. The first-order chi connectivity index (χ1) is 9.50. The molecule has 20 heavy (non-hydrogen) atoms. The molecule has 0 spiro atoms. The summed E-state index contributed by atoms with van der Waals surface area (Å²) >= 11 is 0. The van der Waals surface area contributed by atoms with Gasteiger partial charge in [-0.3, -0.25) is 10.1 Å². The fourth-order valence-corrected chi connectivity index (χ4v) is 1.66. The van der Waals surface area contributed by atoms with E-state index >= 15 is 0 Å². The smallest absolute Gasteiger partial charge is 0.274 e. The maximum Gasteiger partial charge on any atom is 0.274 e. The molecule has 0 saturated carbocycles. The third-order valence-electron chi connectivity index (χ3n) is 2.82. The van der Waals surface area contributed by atoms with Crippen molar-refractivity contribution in [3.05, 3.63) is 39.7 Å². The molecule has 1 N–H and O–H groups in total. The number of nitro benzene ring substituents is 1. The lowest BCUT2D eigenvalue weighted by molar-refractivity contribution is -0.385. The Hall–Kier alpha value is -1.53. The van der Waals surface area contributed by atoms with E-state index in [4.69, 9.17) is 4.74 Å². The molecule has 0 radical (unpaired) electrons. The molecule has 0 unspecified atom stereocenters. The van der Waals surface area contributed by atoms with Gasteiger partial charge in [0.1, 0.15) is 5.82 Å². The molecule has 0 aliphatic heterocycles. The van der Waals surface area contributed by atoms with Crippen molar-refractivity contribution >= 4 is 5.69 Å². The second-order valence-corrected chi connectivity index (χ2v) is 5.00. The number of halogens is 1. The summed E-state index contributed by atoms with van der Waals surface area (Å²) in [6.07, 6.45) is 1.01. The van der Waals surface area contributed by atoms with Crippen LogP contribution in [0.5, 0.6) is 0 Å². The summed E-state index contributed by atoms with van der Waals surface area (Å²) < 4.78 is 18.5. The summed E-state index contributed by atoms with van der Waals surface area (Å²) in [6, 6.07) is 3.47. The first-order valence-corrected chi connectivity index (χ1v) is 6.72. The molecule has 5 nitrogen and oxygen atoms in total. The summed E-state index contributed by atoms with van der Waals surface area (Å²) in [4.78, 5) is 10.3. The van der Waals surface area contributed by atoms with Gasteiger partial charge < -0.3 is 10.1 Å². The predicted octanol–water partition coefficient (Wildman–Crippen LogP) is 2.89. The van der Waals surface area contributed by atoms with Crippen molar-refractivity contribution in [2.24, 2.45) is 5.92 Å². The van der Waals surface area contributed by atoms with Gasteiger partial charge in [-0.05, 0) is 24.5 Å². The van der Waals surface area contributed by atoms with E-state index in [0.717, 1.165) is 12.5 Å². The van der Waals surface area contributed by atoms with E-state index in [1.165, 1.54) is 12.1 Å². The molecule has 0 atom stereocenters. The standard InChI is InChI=1S/C14H21FN2O3/c1-11(2)5-7-20-8-6-16-10-12-9-13(15)3-4-14(12)17(18)19/h3-4,9,11,16H,5-8,10H2,1-2H3. The zero-order valence-corrected chi connectivity index (χ0v) is 11.9. The van der Waals surface area contributed by atoms with Gasteiger partial charge in [-0.15, -0.1) is 0 Å². The van der Waals surface area contributed by atoms with Crippen molar-refractivity contribution in [2.45, 2.75) is 26.8 Å². The lowest BCUT2D eigenvalue weighted by atomic mass is 10.1. The molecular weight excluding hydrogens is 263 g/mol. The van der Waals surface area contributed by atoms with Crippen molar-refractivity contribution in [3.63, 3.8) is 0 Å². The maximum atomic E-state index is 13.1. The minimum Gasteiger partial charge on any atom is -0.380 e. The molecule has 1 aromatic rings. The van der Waals surface area contributed by atoms with Crippen LogP contribution in [0.3, 0.4) is 0 Å². The van der Waals surface area contributed by atoms with Crippen molar-refractivity contribution < 1.29 is 14.1 Å². The van der Waals surface area contributed by atoms with E-state index in [1.54, 1.807) is 0 Å². The number of hydrogen-bond acceptors (Lipinski definition) is 4. The number of rotatable bonds is 9. The van der Waals surface area contributed by atoms with Gasteiger partial charge in [0.15, 0.2) is 0 Å². The first kappa shape index (κ1) is 16.5. The summed E-state index contributed by atoms with van der Waals surface area (Å²) in [5, 5.41) is 13.8. The number of hydrogen-bond donors (Lipinski definition) is 1. The van der Waals surface area contributed by atoms with Crippen LogP contribution in [0, 0.1) is 21.8 Å². The van der Waals surface area contributed by atoms with Crippen molar-refractivity contribution in [1.29, 1.82) is 0 Å². The Morgan fingerprint density at radius 3 is 2.80 bits per heavy atom. The lowest BCUT2D eigenvalue weighted by Gasteiger charge is -2.08. The normalized spacial score (nSPS) is 11.0. The minimum absolute atomic E-state index is 0.0698. The highest BCUT2D eigenvalue weighted by molar-refractivity contribution is 5.40. The molecule has 0 aliphatic rings. The van der Waals surface area contributed by atoms with Gasteiger partial charge in [0.2, 0.25) is 0 Å². The largest absolute Gasteiger partial charge is 0.380 e. The third-order valence-corrected chi connectivity index (χ3v) is 2.82. The van der Waals surface area contributed by atoms with Crippen LogP contribution in [-0.4, -0.2) is 24.7 Å². The van der Waals surface area contributed by atoms with Crippen LogP contribution < -0.4 is 5.32 Å². The maximum absolute atomic E-state index is 13.1. The fraction of sp³-hybridized carbons (Fsp3) is 0.571. The zero-order valence-electron chi connectivity index (χ0n) is 11.9. The van der Waals surface area contributed by atoms with Crippen LogP contribution in [-0.2, 0) is 11.3 Å². The number of nitrogens with zero attached hydrogens (tertiary/aromatic N) is 1. The Morgan fingerprint density at radius 1 is 1.40 bits per heavy atom. The summed E-state index contributed by atoms with van der Waals surface area (Å²) in [5.74, 6) is 0.137. The molecular formula is C14H21FN2O3. The third kappa shape index (κ3) is 6.08. The van der Waals surface area contributed by atoms with Gasteiger partial charge >= 0.3 is 0 Å². The van der Waals surface area contributed by atoms with Crippen LogP contribution in [0.1, 0.15) is 25.8 Å². The van der Waals surface area contributed by atoms with E-state index in [1.807, 2.05) is 0 Å². The second kappa shape index (κ2) is 8.60. The van der Waals surface area contributed by atoms with E-state index in [0.29, 0.717) is 31.2 Å². The monoisotopic (exact) mass is 284 g/mol. The van der Waals surface area contributed by atoms with E-state index in [-0.39, 0.29) is 12.2 Å². The molecule has 6 heteroatoms. The van der Waals surface area contributed by atoms with Crippen LogP contribution in [0.4, 0.5) is 10.1 Å². The highest BCUT2D eigenvalue weighted by Crippen LogP contribution is 2.19. The molecule has 0 amide bonds. The van der Waals surface area contributed by atoms with Crippen LogP contribution >= 0.6 is 0 Å². The zero-order chi connectivity index (χ0) is 15.0. The molecule has 1 aromatic carbocycles. The second-order valence-electron chi connectivity index (χ2n) is 5.00. The molecule has 0 saturated heterocycles. The van der Waals surface area contributed by atoms with Gasteiger partial charge in [0, 0.05) is 31.3 Å². The van der Waals surface area contributed by atoms with E-state index in [2.05, 4.69) is 19.2 Å². The highest BCUT2D eigenvalue weighted by Gasteiger charge is 2.13. The van der Waals surface area contributed by atoms with Gasteiger partial charge in [-0.2, -0.15) is 0 Å². The summed E-state index contributed by atoms with van der Waals surface area (Å²) in [6.45, 7) is 6.33. The number of ether oxygens (including phenoxy) is 1. The quantitative estimate of drug-likeness (QED) is 0.430.